The second-order valence-electron chi connectivity index (χ2n) is 3.36. The molecule has 1 aromatic carbocycles. The van der Waals surface area contributed by atoms with E-state index >= 15 is 0 Å². The van der Waals surface area contributed by atoms with E-state index < -0.39 is 0 Å². The zero-order valence-electron chi connectivity index (χ0n) is 9.96. The standard InChI is InChI=1S/C12H16ClNO3/c1-16-9-4-5-11(17-2)10(8-9)12(15)14-7-3-6-13/h4-5,8H,3,6-7H2,1-2H3,(H,14,15). The smallest absolute Gasteiger partial charge is 0.255 e. The number of methoxy groups -OCH3 is 2. The lowest BCUT2D eigenvalue weighted by molar-refractivity contribution is 0.0950. The Kier molecular flexibility index (Phi) is 5.63. The Bertz CT molecular complexity index is 382. The van der Waals surface area contributed by atoms with Crippen LogP contribution in [0.15, 0.2) is 18.2 Å². The zero-order chi connectivity index (χ0) is 12.7. The highest BCUT2D eigenvalue weighted by Crippen LogP contribution is 2.23. The molecule has 0 saturated heterocycles. The number of benzene rings is 1. The molecule has 1 amide bonds. The monoisotopic (exact) mass is 257 g/mol. The van der Waals surface area contributed by atoms with Crippen LogP contribution in [0.2, 0.25) is 0 Å². The van der Waals surface area contributed by atoms with Gasteiger partial charge in [-0.1, -0.05) is 0 Å². The highest BCUT2D eigenvalue weighted by Gasteiger charge is 2.12. The fourth-order valence-corrected chi connectivity index (χ4v) is 1.49. The fraction of sp³-hybridized carbons (Fsp3) is 0.417. The Balaban J connectivity index is 2.82. The first-order chi connectivity index (χ1) is 8.22. The van der Waals surface area contributed by atoms with E-state index in [4.69, 9.17) is 21.1 Å². The van der Waals surface area contributed by atoms with Gasteiger partial charge in [-0.05, 0) is 24.6 Å². The van der Waals surface area contributed by atoms with Gasteiger partial charge >= 0.3 is 0 Å². The summed E-state index contributed by atoms with van der Waals surface area (Å²) in [5.41, 5.74) is 0.460. The maximum absolute atomic E-state index is 11.9. The summed E-state index contributed by atoms with van der Waals surface area (Å²) in [6.07, 6.45) is 0.736. The Hall–Kier alpha value is -1.42. The molecule has 0 radical (unpaired) electrons. The number of nitrogens with one attached hydrogen (secondary N) is 1. The Morgan fingerprint density at radius 3 is 2.71 bits per heavy atom. The molecular formula is C12H16ClNO3. The van der Waals surface area contributed by atoms with Crippen molar-refractivity contribution in [3.63, 3.8) is 0 Å². The summed E-state index contributed by atoms with van der Waals surface area (Å²) in [4.78, 5) is 11.9. The second kappa shape index (κ2) is 7.01. The van der Waals surface area contributed by atoms with E-state index in [1.54, 1.807) is 25.3 Å². The quantitative estimate of drug-likeness (QED) is 0.627. The van der Waals surface area contributed by atoms with E-state index in [1.807, 2.05) is 0 Å². The van der Waals surface area contributed by atoms with Crippen LogP contribution >= 0.6 is 11.6 Å². The van der Waals surface area contributed by atoms with E-state index in [2.05, 4.69) is 5.32 Å². The van der Waals surface area contributed by atoms with Crippen LogP contribution in [0.3, 0.4) is 0 Å². The molecule has 0 aliphatic heterocycles. The fourth-order valence-electron chi connectivity index (χ4n) is 1.36. The molecule has 5 heteroatoms. The molecule has 0 unspecified atom stereocenters. The molecule has 0 bridgehead atoms. The number of alkyl halides is 1. The summed E-state index contributed by atoms with van der Waals surface area (Å²) in [5, 5.41) is 2.77. The molecule has 1 rings (SSSR count). The first kappa shape index (κ1) is 13.6. The third-order valence-electron chi connectivity index (χ3n) is 2.25. The second-order valence-corrected chi connectivity index (χ2v) is 3.74. The van der Waals surface area contributed by atoms with Gasteiger partial charge in [0.15, 0.2) is 0 Å². The van der Waals surface area contributed by atoms with E-state index in [9.17, 15) is 4.79 Å². The number of hydrogen-bond donors (Lipinski definition) is 1. The summed E-state index contributed by atoms with van der Waals surface area (Å²) in [6.45, 7) is 0.544. The van der Waals surface area contributed by atoms with Gasteiger partial charge in [0.05, 0.1) is 19.8 Å². The Morgan fingerprint density at radius 1 is 1.35 bits per heavy atom. The molecule has 0 aromatic heterocycles. The largest absolute Gasteiger partial charge is 0.497 e. The third-order valence-corrected chi connectivity index (χ3v) is 2.51. The molecule has 1 aromatic rings. The lowest BCUT2D eigenvalue weighted by Crippen LogP contribution is -2.25. The van der Waals surface area contributed by atoms with Gasteiger partial charge in [0, 0.05) is 12.4 Å². The van der Waals surface area contributed by atoms with Crippen molar-refractivity contribution in [3.8, 4) is 11.5 Å². The van der Waals surface area contributed by atoms with Crippen LogP contribution in [-0.4, -0.2) is 32.6 Å². The molecule has 94 valence electrons. The van der Waals surface area contributed by atoms with Gasteiger partial charge in [0.25, 0.3) is 5.91 Å². The Morgan fingerprint density at radius 2 is 2.12 bits per heavy atom. The van der Waals surface area contributed by atoms with Crippen LogP contribution in [0.5, 0.6) is 11.5 Å². The van der Waals surface area contributed by atoms with Gasteiger partial charge in [-0.2, -0.15) is 0 Å². The SMILES string of the molecule is COc1ccc(OC)c(C(=O)NCCCCl)c1. The van der Waals surface area contributed by atoms with Crippen molar-refractivity contribution >= 4 is 17.5 Å². The van der Waals surface area contributed by atoms with Crippen molar-refractivity contribution < 1.29 is 14.3 Å². The van der Waals surface area contributed by atoms with Gasteiger partial charge < -0.3 is 14.8 Å². The topological polar surface area (TPSA) is 47.6 Å². The maximum Gasteiger partial charge on any atom is 0.255 e. The Labute approximate surface area is 106 Å². The van der Waals surface area contributed by atoms with Crippen LogP contribution < -0.4 is 14.8 Å². The lowest BCUT2D eigenvalue weighted by atomic mass is 10.1. The molecule has 0 heterocycles. The van der Waals surface area contributed by atoms with Crippen molar-refractivity contribution in [1.82, 2.24) is 5.32 Å². The molecule has 0 saturated carbocycles. The van der Waals surface area contributed by atoms with Crippen LogP contribution in [0.4, 0.5) is 0 Å². The lowest BCUT2D eigenvalue weighted by Gasteiger charge is -2.10. The summed E-state index contributed by atoms with van der Waals surface area (Å²) in [5.74, 6) is 1.48. The normalized spacial score (nSPS) is 9.82. The summed E-state index contributed by atoms with van der Waals surface area (Å²) in [7, 11) is 3.08. The predicted octanol–water partition coefficient (Wildman–Crippen LogP) is 2.06. The average molecular weight is 258 g/mol. The number of hydrogen-bond acceptors (Lipinski definition) is 3. The van der Waals surface area contributed by atoms with Crippen molar-refractivity contribution in [2.75, 3.05) is 26.6 Å². The van der Waals surface area contributed by atoms with Crippen molar-refractivity contribution in [1.29, 1.82) is 0 Å². The number of carbonyl (C=O) groups is 1. The highest BCUT2D eigenvalue weighted by atomic mass is 35.5. The van der Waals surface area contributed by atoms with Crippen LogP contribution in [0, 0.1) is 0 Å². The van der Waals surface area contributed by atoms with Gasteiger partial charge in [-0.3, -0.25) is 4.79 Å². The predicted molar refractivity (Wildman–Crippen MR) is 67.2 cm³/mol. The molecule has 17 heavy (non-hydrogen) atoms. The van der Waals surface area contributed by atoms with E-state index in [0.29, 0.717) is 29.5 Å². The number of ether oxygens (including phenoxy) is 2. The zero-order valence-corrected chi connectivity index (χ0v) is 10.7. The minimum absolute atomic E-state index is 0.189. The summed E-state index contributed by atoms with van der Waals surface area (Å²) in [6, 6.07) is 5.10. The number of rotatable bonds is 6. The van der Waals surface area contributed by atoms with Gasteiger partial charge in [0.2, 0.25) is 0 Å². The molecular weight excluding hydrogens is 242 g/mol. The first-order valence-electron chi connectivity index (χ1n) is 5.29. The van der Waals surface area contributed by atoms with Crippen LogP contribution in [0.1, 0.15) is 16.8 Å². The average Bonchev–Trinajstić information content (AvgIpc) is 2.38. The number of halogens is 1. The molecule has 0 aliphatic carbocycles. The third kappa shape index (κ3) is 3.82. The minimum Gasteiger partial charge on any atom is -0.497 e. The molecule has 0 aliphatic rings. The van der Waals surface area contributed by atoms with Gasteiger partial charge in [0.1, 0.15) is 11.5 Å². The van der Waals surface area contributed by atoms with Crippen molar-refractivity contribution in [2.24, 2.45) is 0 Å². The van der Waals surface area contributed by atoms with E-state index in [-0.39, 0.29) is 5.91 Å². The minimum atomic E-state index is -0.189. The van der Waals surface area contributed by atoms with E-state index in [0.717, 1.165) is 6.42 Å². The van der Waals surface area contributed by atoms with Gasteiger partial charge in [-0.15, -0.1) is 11.6 Å². The molecule has 0 spiro atoms. The molecule has 0 atom stereocenters. The first-order valence-corrected chi connectivity index (χ1v) is 5.82. The maximum atomic E-state index is 11.9. The van der Waals surface area contributed by atoms with Crippen LogP contribution in [0.25, 0.3) is 0 Å². The number of amides is 1. The van der Waals surface area contributed by atoms with Crippen LogP contribution in [-0.2, 0) is 0 Å². The molecule has 4 nitrogen and oxygen atoms in total. The highest BCUT2D eigenvalue weighted by molar-refractivity contribution is 6.17. The number of carbonyl (C=O) groups excluding carboxylic acids is 1. The van der Waals surface area contributed by atoms with E-state index in [1.165, 1.54) is 7.11 Å². The van der Waals surface area contributed by atoms with Gasteiger partial charge in [-0.25, -0.2) is 0 Å². The summed E-state index contributed by atoms with van der Waals surface area (Å²) < 4.78 is 10.2. The molecule has 0 fully saturated rings. The molecule has 1 N–H and O–H groups in total. The van der Waals surface area contributed by atoms with Crippen molar-refractivity contribution in [2.45, 2.75) is 6.42 Å². The van der Waals surface area contributed by atoms with Crippen molar-refractivity contribution in [3.05, 3.63) is 23.8 Å². The summed E-state index contributed by atoms with van der Waals surface area (Å²) >= 11 is 5.54.